The highest BCUT2D eigenvalue weighted by Gasteiger charge is 2.47. The van der Waals surface area contributed by atoms with Crippen molar-refractivity contribution in [3.63, 3.8) is 0 Å². The number of nitrogen functional groups attached to an aromatic ring is 1. The number of hydrogen-bond acceptors (Lipinski definition) is 14. The lowest BCUT2D eigenvalue weighted by Gasteiger charge is -2.34. The number of aromatic nitrogens is 3. The Balaban J connectivity index is 2.32. The van der Waals surface area contributed by atoms with Gasteiger partial charge in [-0.05, 0) is 32.9 Å². The van der Waals surface area contributed by atoms with Crippen LogP contribution >= 0.6 is 7.75 Å². The molecule has 0 amide bonds. The number of nitrogens with one attached hydrogen (secondary N) is 1. The summed E-state index contributed by atoms with van der Waals surface area (Å²) in [6.07, 6.45) is -2.22. The van der Waals surface area contributed by atoms with Gasteiger partial charge in [-0.15, -0.1) is 0 Å². The zero-order chi connectivity index (χ0) is 29.6. The number of nitrogens with zero attached hydrogens (tertiary/aromatic N) is 4. The number of methoxy groups -OCH3 is 1. The number of anilines is 1. The van der Waals surface area contributed by atoms with E-state index < -0.39 is 72.5 Å². The SMILES string of the molecule is COC(C#N)(COP(=O)(N[C@@H](C)C(=O)OC(C)C)OCCS(C)(=O)=O)[C@@H](O)[C@@H](O)c1ccc2c(N)ncnn12. The Labute approximate surface area is 225 Å². The predicted octanol–water partition coefficient (Wildman–Crippen LogP) is -0.270. The summed E-state index contributed by atoms with van der Waals surface area (Å²) in [6.45, 7) is 2.96. The fourth-order valence-corrected chi connectivity index (χ4v) is 5.25. The number of esters is 1. The average Bonchev–Trinajstić information content (AvgIpc) is 3.28. The van der Waals surface area contributed by atoms with Gasteiger partial charge in [-0.3, -0.25) is 13.8 Å². The standard InChI is InChI=1S/C21H33N6O10PS/c1-13(2)37-20(30)14(3)26-38(31,35-8-9-39(5,32)33)36-11-21(10-22,34-4)18(29)17(28)15-6-7-16-19(23)24-12-25-27(15)16/h6-7,12-14,17-18,28-29H,8-9,11H2,1-5H3,(H,26,31)(H2,23,24,25)/t14-,17-,18-,21?,38?/m0/s1. The quantitative estimate of drug-likeness (QED) is 0.154. The Hall–Kier alpha value is -2.68. The first kappa shape index (κ1) is 32.5. The first-order chi connectivity index (χ1) is 18.1. The molecular formula is C21H33N6O10PS. The molecule has 0 aliphatic rings. The zero-order valence-corrected chi connectivity index (χ0v) is 23.8. The van der Waals surface area contributed by atoms with E-state index in [0.29, 0.717) is 5.52 Å². The minimum atomic E-state index is -4.54. The third kappa shape index (κ3) is 8.40. The molecular weight excluding hydrogens is 559 g/mol. The van der Waals surface area contributed by atoms with Gasteiger partial charge in [-0.1, -0.05) is 0 Å². The number of carbonyl (C=O) groups excluding carboxylic acids is 1. The van der Waals surface area contributed by atoms with Crippen LogP contribution in [-0.4, -0.2) is 95.4 Å². The van der Waals surface area contributed by atoms with Crippen molar-refractivity contribution in [2.45, 2.75) is 50.7 Å². The van der Waals surface area contributed by atoms with Gasteiger partial charge in [0.15, 0.2) is 5.82 Å². The Kier molecular flexibility index (Phi) is 10.9. The lowest BCUT2D eigenvalue weighted by molar-refractivity contribution is -0.149. The minimum Gasteiger partial charge on any atom is -0.462 e. The van der Waals surface area contributed by atoms with Crippen molar-refractivity contribution >= 4 is 34.9 Å². The Morgan fingerprint density at radius 2 is 1.97 bits per heavy atom. The summed E-state index contributed by atoms with van der Waals surface area (Å²) in [7, 11) is -7.02. The largest absolute Gasteiger partial charge is 0.462 e. The van der Waals surface area contributed by atoms with E-state index in [2.05, 4.69) is 15.2 Å². The van der Waals surface area contributed by atoms with E-state index in [9.17, 15) is 33.3 Å². The van der Waals surface area contributed by atoms with Crippen molar-refractivity contribution in [3.8, 4) is 6.07 Å². The number of aliphatic hydroxyl groups excluding tert-OH is 2. The van der Waals surface area contributed by atoms with E-state index >= 15 is 0 Å². The maximum absolute atomic E-state index is 13.5. The first-order valence-electron chi connectivity index (χ1n) is 11.5. The van der Waals surface area contributed by atoms with Crippen LogP contribution in [0, 0.1) is 11.3 Å². The highest BCUT2D eigenvalue weighted by Crippen LogP contribution is 2.46. The van der Waals surface area contributed by atoms with Crippen molar-refractivity contribution in [1.82, 2.24) is 19.7 Å². The number of carbonyl (C=O) groups is 1. The molecule has 0 spiro atoms. The van der Waals surface area contributed by atoms with Gasteiger partial charge in [0.05, 0.1) is 24.2 Å². The number of sulfone groups is 1. The molecule has 0 saturated carbocycles. The zero-order valence-electron chi connectivity index (χ0n) is 22.0. The highest BCUT2D eigenvalue weighted by atomic mass is 32.2. The fourth-order valence-electron chi connectivity index (χ4n) is 3.25. The number of ether oxygens (including phenoxy) is 2. The second-order valence-corrected chi connectivity index (χ2v) is 12.9. The maximum Gasteiger partial charge on any atom is 0.406 e. The minimum absolute atomic E-state index is 0.0269. The number of nitriles is 1. The molecule has 0 radical (unpaired) electrons. The summed E-state index contributed by atoms with van der Waals surface area (Å²) in [5, 5.41) is 38.2. The third-order valence-electron chi connectivity index (χ3n) is 5.37. The van der Waals surface area contributed by atoms with Crippen LogP contribution in [-0.2, 0) is 37.7 Å². The molecule has 0 aliphatic carbocycles. The van der Waals surface area contributed by atoms with Crippen LogP contribution in [0.4, 0.5) is 5.82 Å². The molecule has 0 aromatic carbocycles. The molecule has 2 heterocycles. The van der Waals surface area contributed by atoms with Crippen LogP contribution in [0.1, 0.15) is 32.6 Å². The number of aliphatic hydroxyl groups is 2. The number of nitrogens with two attached hydrogens (primary N) is 1. The van der Waals surface area contributed by atoms with E-state index in [4.69, 9.17) is 24.3 Å². The van der Waals surface area contributed by atoms with Crippen LogP contribution < -0.4 is 10.8 Å². The van der Waals surface area contributed by atoms with Gasteiger partial charge >= 0.3 is 13.7 Å². The topological polar surface area (TPSA) is 238 Å². The smallest absolute Gasteiger partial charge is 0.406 e. The van der Waals surface area contributed by atoms with E-state index in [1.807, 2.05) is 0 Å². The van der Waals surface area contributed by atoms with Gasteiger partial charge in [0.25, 0.3) is 0 Å². The lowest BCUT2D eigenvalue weighted by Crippen LogP contribution is -2.50. The summed E-state index contributed by atoms with van der Waals surface area (Å²) < 4.78 is 58.6. The third-order valence-corrected chi connectivity index (χ3v) is 7.97. The summed E-state index contributed by atoms with van der Waals surface area (Å²) >= 11 is 0. The second-order valence-electron chi connectivity index (χ2n) is 8.87. The van der Waals surface area contributed by atoms with Gasteiger partial charge in [-0.2, -0.15) is 10.4 Å². The van der Waals surface area contributed by atoms with Crippen LogP contribution in [0.2, 0.25) is 0 Å². The molecule has 2 unspecified atom stereocenters. The number of hydrogen-bond donors (Lipinski definition) is 4. The van der Waals surface area contributed by atoms with E-state index in [0.717, 1.165) is 19.7 Å². The van der Waals surface area contributed by atoms with Gasteiger partial charge in [0.2, 0.25) is 5.60 Å². The van der Waals surface area contributed by atoms with Crippen molar-refractivity contribution in [2.75, 3.05) is 38.1 Å². The summed E-state index contributed by atoms with van der Waals surface area (Å²) in [5.74, 6) is -1.24. The maximum atomic E-state index is 13.5. The lowest BCUT2D eigenvalue weighted by atomic mass is 9.93. The monoisotopic (exact) mass is 592 g/mol. The molecule has 218 valence electrons. The van der Waals surface area contributed by atoms with Crippen molar-refractivity contribution in [2.24, 2.45) is 0 Å². The summed E-state index contributed by atoms with van der Waals surface area (Å²) in [5.41, 5.74) is 3.82. The average molecular weight is 593 g/mol. The summed E-state index contributed by atoms with van der Waals surface area (Å²) in [4.78, 5) is 16.1. The molecule has 0 fully saturated rings. The van der Waals surface area contributed by atoms with Crippen LogP contribution in [0.25, 0.3) is 5.52 Å². The van der Waals surface area contributed by atoms with Crippen molar-refractivity contribution < 1.29 is 46.5 Å². The molecule has 0 saturated heterocycles. The molecule has 5 N–H and O–H groups in total. The van der Waals surface area contributed by atoms with Gasteiger partial charge in [0, 0.05) is 13.4 Å². The van der Waals surface area contributed by atoms with Gasteiger partial charge < -0.3 is 25.4 Å². The Morgan fingerprint density at radius 3 is 2.54 bits per heavy atom. The van der Waals surface area contributed by atoms with Crippen molar-refractivity contribution in [3.05, 3.63) is 24.2 Å². The number of rotatable bonds is 15. The first-order valence-corrected chi connectivity index (χ1v) is 15.1. The van der Waals surface area contributed by atoms with Gasteiger partial charge in [-0.25, -0.2) is 27.6 Å². The molecule has 0 bridgehead atoms. The summed E-state index contributed by atoms with van der Waals surface area (Å²) in [6, 6.07) is 3.35. The van der Waals surface area contributed by atoms with E-state index in [1.54, 1.807) is 19.9 Å². The molecule has 5 atom stereocenters. The molecule has 39 heavy (non-hydrogen) atoms. The highest BCUT2D eigenvalue weighted by molar-refractivity contribution is 7.90. The van der Waals surface area contributed by atoms with E-state index in [-0.39, 0.29) is 11.5 Å². The molecule has 16 nitrogen and oxygen atoms in total. The Bertz CT molecular complexity index is 1350. The molecule has 2 rings (SSSR count). The molecule has 2 aromatic heterocycles. The fraction of sp³-hybridized carbons (Fsp3) is 0.619. The molecule has 2 aromatic rings. The van der Waals surface area contributed by atoms with Gasteiger partial charge in [0.1, 0.15) is 52.6 Å². The van der Waals surface area contributed by atoms with Crippen LogP contribution in [0.5, 0.6) is 0 Å². The van der Waals surface area contributed by atoms with E-state index in [1.165, 1.54) is 23.6 Å². The van der Waals surface area contributed by atoms with Crippen molar-refractivity contribution in [1.29, 1.82) is 5.26 Å². The normalized spacial score (nSPS) is 17.6. The second kappa shape index (κ2) is 13.1. The Morgan fingerprint density at radius 1 is 1.31 bits per heavy atom. The molecule has 0 aliphatic heterocycles. The van der Waals surface area contributed by atoms with Crippen LogP contribution in [0.15, 0.2) is 18.5 Å². The predicted molar refractivity (Wildman–Crippen MR) is 137 cm³/mol. The van der Waals surface area contributed by atoms with Crippen LogP contribution in [0.3, 0.4) is 0 Å². The number of fused-ring (bicyclic) bond motifs is 1. The molecule has 18 heteroatoms.